The van der Waals surface area contributed by atoms with Crippen molar-refractivity contribution in [2.24, 2.45) is 0 Å². The van der Waals surface area contributed by atoms with Gasteiger partial charge < -0.3 is 15.0 Å². The largest absolute Gasteiger partial charge is 1.00 e. The Morgan fingerprint density at radius 3 is 2.36 bits per heavy atom. The van der Waals surface area contributed by atoms with Crippen LogP contribution in [0, 0.1) is 0 Å². The molecule has 4 heteroatoms. The van der Waals surface area contributed by atoms with Crippen molar-refractivity contribution in [2.75, 3.05) is 0 Å². The van der Waals surface area contributed by atoms with Gasteiger partial charge in [0.2, 0.25) is 0 Å². The number of hydrogen-bond acceptors (Lipinski definition) is 3. The predicted molar refractivity (Wildman–Crippen MR) is 35.2 cm³/mol. The van der Waals surface area contributed by atoms with Gasteiger partial charge in [-0.25, -0.2) is 0 Å². The third kappa shape index (κ3) is 5.67. The first-order valence-corrected chi connectivity index (χ1v) is 3.44. The Balaban J connectivity index is 0. The van der Waals surface area contributed by atoms with Gasteiger partial charge in [-0.2, -0.15) is 0 Å². The van der Waals surface area contributed by atoms with Crippen molar-refractivity contribution >= 4 is 5.97 Å². The van der Waals surface area contributed by atoms with Gasteiger partial charge in [-0.15, -0.1) is 0 Å². The number of carbonyl (C=O) groups excluding carboxylic acids is 1. The van der Waals surface area contributed by atoms with E-state index in [0.717, 1.165) is 6.42 Å². The van der Waals surface area contributed by atoms with Crippen molar-refractivity contribution < 1.29 is 44.6 Å². The Kier molecular flexibility index (Phi) is 7.63. The molecule has 1 unspecified atom stereocenters. The first-order valence-electron chi connectivity index (χ1n) is 3.44. The van der Waals surface area contributed by atoms with Gasteiger partial charge in [0.1, 0.15) is 5.60 Å². The first-order chi connectivity index (χ1) is 4.50. The molecule has 0 aliphatic carbocycles. The zero-order valence-electron chi connectivity index (χ0n) is 7.39. The molecule has 3 nitrogen and oxygen atoms in total. The second kappa shape index (κ2) is 6.00. The van der Waals surface area contributed by atoms with Crippen molar-refractivity contribution in [3.05, 3.63) is 0 Å². The Hall–Kier alpha value is 0.430. The van der Waals surface area contributed by atoms with Crippen LogP contribution in [0.3, 0.4) is 0 Å². The molecule has 11 heavy (non-hydrogen) atoms. The van der Waals surface area contributed by atoms with Gasteiger partial charge in [0.15, 0.2) is 0 Å². The summed E-state index contributed by atoms with van der Waals surface area (Å²) in [5, 5.41) is 19.2. The summed E-state index contributed by atoms with van der Waals surface area (Å²) >= 11 is 0. The van der Waals surface area contributed by atoms with Gasteiger partial charge in [-0.05, 0) is 13.3 Å². The molecule has 0 aromatic carbocycles. The number of carbonyl (C=O) groups is 1. The summed E-state index contributed by atoms with van der Waals surface area (Å²) < 4.78 is 0. The summed E-state index contributed by atoms with van der Waals surface area (Å²) in [6.07, 6.45) is 1.86. The van der Waals surface area contributed by atoms with E-state index < -0.39 is 11.6 Å². The van der Waals surface area contributed by atoms with Gasteiger partial charge in [-0.3, -0.25) is 0 Å². The minimum Gasteiger partial charge on any atom is -0.547 e. The molecule has 0 spiro atoms. The van der Waals surface area contributed by atoms with E-state index in [2.05, 4.69) is 0 Å². The molecule has 0 radical (unpaired) electrons. The predicted octanol–water partition coefficient (Wildman–Crippen LogP) is -3.32. The van der Waals surface area contributed by atoms with E-state index in [-0.39, 0.29) is 36.0 Å². The van der Waals surface area contributed by atoms with Crippen LogP contribution < -0.4 is 34.7 Å². The van der Waals surface area contributed by atoms with Crippen LogP contribution in [0.4, 0.5) is 0 Å². The zero-order chi connectivity index (χ0) is 8.20. The minimum atomic E-state index is -1.64. The molecular formula is C7H13NaO3. The number of rotatable bonds is 4. The number of unbranched alkanes of at least 4 members (excludes halogenated alkanes) is 1. The smallest absolute Gasteiger partial charge is 0.547 e. The van der Waals surface area contributed by atoms with Crippen LogP contribution in [0.15, 0.2) is 0 Å². The maximum Gasteiger partial charge on any atom is 1.00 e. The molecule has 0 fully saturated rings. The maximum atomic E-state index is 10.2. The molecule has 0 saturated heterocycles. The summed E-state index contributed by atoms with van der Waals surface area (Å²) in [6.45, 7) is 3.20. The van der Waals surface area contributed by atoms with Crippen LogP contribution in [0.5, 0.6) is 0 Å². The quantitative estimate of drug-likeness (QED) is 0.447. The van der Waals surface area contributed by atoms with Crippen molar-refractivity contribution in [1.82, 2.24) is 0 Å². The van der Waals surface area contributed by atoms with Crippen LogP contribution in [0.25, 0.3) is 0 Å². The normalized spacial score (nSPS) is 14.8. The molecule has 0 heterocycles. The van der Waals surface area contributed by atoms with Crippen LogP contribution in [-0.4, -0.2) is 16.7 Å². The van der Waals surface area contributed by atoms with E-state index in [0.29, 0.717) is 6.42 Å². The molecule has 1 atom stereocenters. The average molecular weight is 168 g/mol. The standard InChI is InChI=1S/C7H14O3.Na/c1-3-4-5-7(2,10)6(8)9;/h10H,3-5H2,1-2H3,(H,8,9);/q;+1/p-1. The molecule has 60 valence electrons. The van der Waals surface area contributed by atoms with E-state index in [1.807, 2.05) is 6.92 Å². The number of carboxylic acids is 1. The fraction of sp³-hybridized carbons (Fsp3) is 0.857. The Bertz CT molecular complexity index is 123. The van der Waals surface area contributed by atoms with E-state index >= 15 is 0 Å². The van der Waals surface area contributed by atoms with Gasteiger partial charge >= 0.3 is 29.6 Å². The molecule has 0 bridgehead atoms. The van der Waals surface area contributed by atoms with Crippen molar-refractivity contribution in [1.29, 1.82) is 0 Å². The molecule has 1 N–H and O–H groups in total. The number of aliphatic carboxylic acids is 1. The zero-order valence-corrected chi connectivity index (χ0v) is 9.39. The molecule has 0 aliphatic heterocycles. The molecule has 0 amide bonds. The number of hydrogen-bond donors (Lipinski definition) is 1. The second-order valence-corrected chi connectivity index (χ2v) is 2.66. The van der Waals surface area contributed by atoms with Crippen molar-refractivity contribution in [2.45, 2.75) is 38.7 Å². The molecular weight excluding hydrogens is 155 g/mol. The summed E-state index contributed by atoms with van der Waals surface area (Å²) in [7, 11) is 0. The van der Waals surface area contributed by atoms with E-state index in [4.69, 9.17) is 5.11 Å². The Morgan fingerprint density at radius 1 is 1.64 bits per heavy atom. The molecule has 0 saturated carbocycles. The fourth-order valence-corrected chi connectivity index (χ4v) is 0.623. The van der Waals surface area contributed by atoms with Gasteiger partial charge in [0.25, 0.3) is 0 Å². The molecule has 0 aromatic heterocycles. The van der Waals surface area contributed by atoms with Crippen LogP contribution >= 0.6 is 0 Å². The van der Waals surface area contributed by atoms with Crippen LogP contribution in [-0.2, 0) is 4.79 Å². The SMILES string of the molecule is CCCCC(C)(O)C(=O)[O-].[Na+]. The van der Waals surface area contributed by atoms with E-state index in [9.17, 15) is 9.90 Å². The number of aliphatic hydroxyl groups is 1. The maximum absolute atomic E-state index is 10.2. The summed E-state index contributed by atoms with van der Waals surface area (Å²) in [4.78, 5) is 10.2. The minimum absolute atomic E-state index is 0. The summed E-state index contributed by atoms with van der Waals surface area (Å²) in [5.41, 5.74) is -1.64. The third-order valence-electron chi connectivity index (χ3n) is 1.46. The third-order valence-corrected chi connectivity index (χ3v) is 1.46. The van der Waals surface area contributed by atoms with Crippen molar-refractivity contribution in [3.8, 4) is 0 Å². The first kappa shape index (κ1) is 14.0. The summed E-state index contributed by atoms with van der Waals surface area (Å²) in [5.74, 6) is -1.39. The van der Waals surface area contributed by atoms with Crippen molar-refractivity contribution in [3.63, 3.8) is 0 Å². The average Bonchev–Trinajstić information content (AvgIpc) is 1.84. The van der Waals surface area contributed by atoms with Gasteiger partial charge in [0, 0.05) is 0 Å². The molecule has 0 rings (SSSR count). The number of carboxylic acid groups (broad SMARTS) is 1. The van der Waals surface area contributed by atoms with Crippen LogP contribution in [0.2, 0.25) is 0 Å². The second-order valence-electron chi connectivity index (χ2n) is 2.66. The monoisotopic (exact) mass is 168 g/mol. The van der Waals surface area contributed by atoms with Crippen LogP contribution in [0.1, 0.15) is 33.1 Å². The molecule has 0 aliphatic rings. The fourth-order valence-electron chi connectivity index (χ4n) is 0.623. The van der Waals surface area contributed by atoms with Gasteiger partial charge in [0.05, 0.1) is 5.97 Å². The Labute approximate surface area is 89.1 Å². The topological polar surface area (TPSA) is 60.4 Å². The Morgan fingerprint density at radius 2 is 2.09 bits per heavy atom. The summed E-state index contributed by atoms with van der Waals surface area (Å²) in [6, 6.07) is 0. The molecule has 0 aromatic rings. The van der Waals surface area contributed by atoms with E-state index in [1.54, 1.807) is 0 Å². The van der Waals surface area contributed by atoms with E-state index in [1.165, 1.54) is 6.92 Å². The van der Waals surface area contributed by atoms with Gasteiger partial charge in [-0.1, -0.05) is 19.8 Å².